The number of hydrogen-bond donors (Lipinski definition) is 0. The molecular formula is C15H25F3N2O. The van der Waals surface area contributed by atoms with Gasteiger partial charge in [0.25, 0.3) is 0 Å². The van der Waals surface area contributed by atoms with Crippen molar-refractivity contribution in [3.05, 3.63) is 0 Å². The van der Waals surface area contributed by atoms with E-state index in [1.165, 1.54) is 0 Å². The summed E-state index contributed by atoms with van der Waals surface area (Å²) in [5, 5.41) is 0. The van der Waals surface area contributed by atoms with Crippen molar-refractivity contribution in [2.45, 2.75) is 64.7 Å². The molecule has 0 aromatic rings. The van der Waals surface area contributed by atoms with E-state index in [-0.39, 0.29) is 18.4 Å². The van der Waals surface area contributed by atoms with E-state index in [1.54, 1.807) is 9.80 Å². The fourth-order valence-corrected chi connectivity index (χ4v) is 3.45. The second-order valence-electron chi connectivity index (χ2n) is 7.21. The zero-order valence-electron chi connectivity index (χ0n) is 13.0. The Kier molecular flexibility index (Phi) is 4.57. The van der Waals surface area contributed by atoms with Gasteiger partial charge in [0, 0.05) is 24.5 Å². The average molecular weight is 306 g/mol. The molecule has 0 aromatic carbocycles. The Bertz CT molecular complexity index is 381. The lowest BCUT2D eigenvalue weighted by Gasteiger charge is -2.41. The summed E-state index contributed by atoms with van der Waals surface area (Å²) in [6, 6.07) is -1.32. The minimum absolute atomic E-state index is 0.0388. The van der Waals surface area contributed by atoms with E-state index in [1.807, 2.05) is 20.8 Å². The molecule has 122 valence electrons. The first-order chi connectivity index (χ1) is 9.60. The Morgan fingerprint density at radius 1 is 1.00 bits per heavy atom. The number of amides is 1. The van der Waals surface area contributed by atoms with Gasteiger partial charge in [-0.3, -0.25) is 9.69 Å². The molecule has 2 fully saturated rings. The average Bonchev–Trinajstić information content (AvgIpc) is 2.86. The summed E-state index contributed by atoms with van der Waals surface area (Å²) in [6.07, 6.45) is -2.01. The molecule has 2 rings (SSSR count). The van der Waals surface area contributed by atoms with Crippen molar-refractivity contribution in [1.82, 2.24) is 9.80 Å². The normalized spacial score (nSPS) is 26.4. The molecule has 6 heteroatoms. The van der Waals surface area contributed by atoms with Crippen LogP contribution in [0.15, 0.2) is 0 Å². The van der Waals surface area contributed by atoms with Crippen molar-refractivity contribution in [2.75, 3.05) is 19.6 Å². The highest BCUT2D eigenvalue weighted by molar-refractivity contribution is 5.81. The Morgan fingerprint density at radius 2 is 1.57 bits per heavy atom. The van der Waals surface area contributed by atoms with Crippen LogP contribution in [0.4, 0.5) is 13.2 Å². The molecule has 0 bridgehead atoms. The first kappa shape index (κ1) is 16.6. The minimum Gasteiger partial charge on any atom is -0.342 e. The third-order valence-corrected chi connectivity index (χ3v) is 4.53. The third kappa shape index (κ3) is 3.71. The van der Waals surface area contributed by atoms with Crippen molar-refractivity contribution >= 4 is 5.91 Å². The maximum atomic E-state index is 13.0. The zero-order valence-corrected chi connectivity index (χ0v) is 13.0. The van der Waals surface area contributed by atoms with Gasteiger partial charge in [0.2, 0.25) is 5.91 Å². The molecule has 0 spiro atoms. The van der Waals surface area contributed by atoms with Gasteiger partial charge < -0.3 is 4.90 Å². The summed E-state index contributed by atoms with van der Waals surface area (Å²) in [7, 11) is 0. The Balaban J connectivity index is 1.94. The lowest BCUT2D eigenvalue weighted by molar-refractivity contribution is -0.183. The Hall–Kier alpha value is -0.780. The highest BCUT2D eigenvalue weighted by Crippen LogP contribution is 2.36. The van der Waals surface area contributed by atoms with Gasteiger partial charge in [-0.15, -0.1) is 0 Å². The lowest BCUT2D eigenvalue weighted by atomic mass is 9.92. The molecule has 0 radical (unpaired) electrons. The second-order valence-corrected chi connectivity index (χ2v) is 7.21. The predicted molar refractivity (Wildman–Crippen MR) is 74.8 cm³/mol. The molecule has 1 amide bonds. The largest absolute Gasteiger partial charge is 0.404 e. The molecular weight excluding hydrogens is 281 g/mol. The van der Waals surface area contributed by atoms with Crippen molar-refractivity contribution in [2.24, 2.45) is 5.41 Å². The third-order valence-electron chi connectivity index (χ3n) is 4.53. The summed E-state index contributed by atoms with van der Waals surface area (Å²) in [6.45, 7) is 7.30. The molecule has 21 heavy (non-hydrogen) atoms. The maximum Gasteiger partial charge on any atom is 0.404 e. The molecule has 2 heterocycles. The van der Waals surface area contributed by atoms with Crippen LogP contribution < -0.4 is 0 Å². The second kappa shape index (κ2) is 5.78. The highest BCUT2D eigenvalue weighted by Gasteiger charge is 2.48. The molecule has 3 nitrogen and oxygen atoms in total. The van der Waals surface area contributed by atoms with Gasteiger partial charge in [-0.05, 0) is 32.2 Å². The number of carbonyl (C=O) groups is 1. The molecule has 0 aliphatic carbocycles. The smallest absolute Gasteiger partial charge is 0.342 e. The van der Waals surface area contributed by atoms with E-state index >= 15 is 0 Å². The predicted octanol–water partition coefficient (Wildman–Crippen LogP) is 3.05. The summed E-state index contributed by atoms with van der Waals surface area (Å²) < 4.78 is 39.1. The van der Waals surface area contributed by atoms with Crippen molar-refractivity contribution in [1.29, 1.82) is 0 Å². The van der Waals surface area contributed by atoms with Crippen molar-refractivity contribution < 1.29 is 18.0 Å². The number of halogens is 3. The van der Waals surface area contributed by atoms with E-state index in [0.29, 0.717) is 38.9 Å². The molecule has 0 aromatic heterocycles. The van der Waals surface area contributed by atoms with Gasteiger partial charge in [-0.2, -0.15) is 13.2 Å². The Morgan fingerprint density at radius 3 is 2.05 bits per heavy atom. The van der Waals surface area contributed by atoms with Crippen LogP contribution >= 0.6 is 0 Å². The standard InChI is InChI=1S/C15H25F3N2O/c1-14(2,3)13(21)19-9-6-11(7-10-19)20-8-4-5-12(20)15(16,17)18/h11-12H,4-10H2,1-3H3. The zero-order chi connectivity index (χ0) is 15.8. The summed E-state index contributed by atoms with van der Waals surface area (Å²) >= 11 is 0. The first-order valence-electron chi connectivity index (χ1n) is 7.72. The number of rotatable bonds is 1. The van der Waals surface area contributed by atoms with E-state index in [4.69, 9.17) is 0 Å². The fourth-order valence-electron chi connectivity index (χ4n) is 3.45. The molecule has 0 N–H and O–H groups in total. The number of alkyl halides is 3. The van der Waals surface area contributed by atoms with Gasteiger partial charge in [0.05, 0.1) is 0 Å². The molecule has 1 atom stereocenters. The van der Waals surface area contributed by atoms with Gasteiger partial charge in [0.1, 0.15) is 6.04 Å². The van der Waals surface area contributed by atoms with Crippen LogP contribution in [0.25, 0.3) is 0 Å². The van der Waals surface area contributed by atoms with Gasteiger partial charge in [0.15, 0.2) is 0 Å². The van der Waals surface area contributed by atoms with Crippen molar-refractivity contribution in [3.63, 3.8) is 0 Å². The number of carbonyl (C=O) groups excluding carboxylic acids is 1. The lowest BCUT2D eigenvalue weighted by Crippen LogP contribution is -2.53. The van der Waals surface area contributed by atoms with E-state index in [9.17, 15) is 18.0 Å². The van der Waals surface area contributed by atoms with Crippen molar-refractivity contribution in [3.8, 4) is 0 Å². The van der Waals surface area contributed by atoms with Gasteiger partial charge >= 0.3 is 6.18 Å². The molecule has 1 unspecified atom stereocenters. The van der Waals surface area contributed by atoms with E-state index < -0.39 is 17.6 Å². The van der Waals surface area contributed by atoms with Crippen LogP contribution in [0.3, 0.4) is 0 Å². The molecule has 2 aliphatic heterocycles. The first-order valence-corrected chi connectivity index (χ1v) is 7.72. The fraction of sp³-hybridized carbons (Fsp3) is 0.933. The summed E-state index contributed by atoms with van der Waals surface area (Å²) in [5.41, 5.74) is -0.422. The van der Waals surface area contributed by atoms with E-state index in [0.717, 1.165) is 0 Å². The number of nitrogens with zero attached hydrogens (tertiary/aromatic N) is 2. The highest BCUT2D eigenvalue weighted by atomic mass is 19.4. The van der Waals surface area contributed by atoms with Gasteiger partial charge in [-0.25, -0.2) is 0 Å². The van der Waals surface area contributed by atoms with Crippen LogP contribution in [0.5, 0.6) is 0 Å². The summed E-state index contributed by atoms with van der Waals surface area (Å²) in [4.78, 5) is 15.6. The van der Waals surface area contributed by atoms with Crippen LogP contribution in [-0.2, 0) is 4.79 Å². The molecule has 2 saturated heterocycles. The van der Waals surface area contributed by atoms with Crippen LogP contribution in [0.2, 0.25) is 0 Å². The maximum absolute atomic E-state index is 13.0. The molecule has 2 aliphatic rings. The number of hydrogen-bond acceptors (Lipinski definition) is 2. The quantitative estimate of drug-likeness (QED) is 0.743. The Labute approximate surface area is 124 Å². The minimum atomic E-state index is -4.13. The topological polar surface area (TPSA) is 23.6 Å². The number of piperidine rings is 1. The number of likely N-dealkylation sites (tertiary alicyclic amines) is 2. The van der Waals surface area contributed by atoms with E-state index in [2.05, 4.69) is 0 Å². The van der Waals surface area contributed by atoms with Crippen LogP contribution in [0.1, 0.15) is 46.5 Å². The van der Waals surface area contributed by atoms with Crippen LogP contribution in [0, 0.1) is 5.41 Å². The SMILES string of the molecule is CC(C)(C)C(=O)N1CCC(N2CCCC2C(F)(F)F)CC1. The van der Waals surface area contributed by atoms with Crippen LogP contribution in [-0.4, -0.2) is 53.6 Å². The monoisotopic (exact) mass is 306 g/mol. The summed E-state index contributed by atoms with van der Waals surface area (Å²) in [5.74, 6) is 0.0924. The van der Waals surface area contributed by atoms with Gasteiger partial charge in [-0.1, -0.05) is 20.8 Å². The molecule has 0 saturated carbocycles.